The van der Waals surface area contributed by atoms with Crippen LogP contribution in [0, 0.1) is 0 Å². The molecule has 2 unspecified atom stereocenters. The number of hydrogen-bond acceptors (Lipinski definition) is 2. The number of anilines is 4. The van der Waals surface area contributed by atoms with E-state index in [4.69, 9.17) is 0 Å². The Morgan fingerprint density at radius 2 is 1.14 bits per heavy atom. The largest absolute Gasteiger partial charge is 0.333 e. The van der Waals surface area contributed by atoms with Gasteiger partial charge in [-0.3, -0.25) is 0 Å². The molecule has 0 saturated heterocycles. The number of fused-ring (bicyclic) bond motifs is 4. The highest BCUT2D eigenvalue weighted by Gasteiger charge is 2.28. The van der Waals surface area contributed by atoms with Gasteiger partial charge in [-0.05, 0) is 76.6 Å². The van der Waals surface area contributed by atoms with Crippen LogP contribution in [-0.4, -0.2) is 12.1 Å². The molecule has 2 aliphatic heterocycles. The monoisotopic (exact) mass is 540 g/mol. The van der Waals surface area contributed by atoms with Gasteiger partial charge in [0, 0.05) is 22.7 Å². The lowest BCUT2D eigenvalue weighted by atomic mass is 9.94. The van der Waals surface area contributed by atoms with Crippen molar-refractivity contribution in [2.45, 2.75) is 24.9 Å². The summed E-state index contributed by atoms with van der Waals surface area (Å²) in [6.45, 7) is 0. The van der Waals surface area contributed by atoms with Crippen LogP contribution in [0.15, 0.2) is 145 Å². The molecular formula is C40H32N2. The fraction of sp³-hybridized carbons (Fsp3) is 0.100. The van der Waals surface area contributed by atoms with Crippen molar-refractivity contribution in [2.24, 2.45) is 0 Å². The maximum atomic E-state index is 2.51. The van der Waals surface area contributed by atoms with E-state index in [2.05, 4.69) is 168 Å². The predicted molar refractivity (Wildman–Crippen MR) is 179 cm³/mol. The number of para-hydroxylation sites is 3. The van der Waals surface area contributed by atoms with Crippen molar-refractivity contribution in [1.29, 1.82) is 0 Å². The van der Waals surface area contributed by atoms with Crippen molar-refractivity contribution in [3.63, 3.8) is 0 Å². The highest BCUT2D eigenvalue weighted by molar-refractivity contribution is 5.90. The average Bonchev–Trinajstić information content (AvgIpc) is 3.33. The minimum atomic E-state index is 0.251. The molecule has 0 spiro atoms. The minimum absolute atomic E-state index is 0.251. The molecule has 202 valence electrons. The van der Waals surface area contributed by atoms with E-state index in [9.17, 15) is 0 Å². The normalized spacial score (nSPS) is 20.0. The van der Waals surface area contributed by atoms with E-state index in [0.717, 1.165) is 12.8 Å². The van der Waals surface area contributed by atoms with Gasteiger partial charge in [0.2, 0.25) is 0 Å². The third kappa shape index (κ3) is 4.28. The summed E-state index contributed by atoms with van der Waals surface area (Å²) in [5.41, 5.74) is 12.7. The number of hydrogen-bond donors (Lipinski definition) is 0. The van der Waals surface area contributed by atoms with Crippen LogP contribution in [0.4, 0.5) is 22.7 Å². The lowest BCUT2D eigenvalue weighted by Crippen LogP contribution is -2.32. The van der Waals surface area contributed by atoms with Crippen molar-refractivity contribution in [1.82, 2.24) is 0 Å². The summed E-state index contributed by atoms with van der Waals surface area (Å²) < 4.78 is 0. The van der Waals surface area contributed by atoms with Crippen LogP contribution < -0.4 is 9.80 Å². The lowest BCUT2D eigenvalue weighted by Gasteiger charge is -2.35. The highest BCUT2D eigenvalue weighted by atomic mass is 15.2. The van der Waals surface area contributed by atoms with Crippen molar-refractivity contribution >= 4 is 46.6 Å². The van der Waals surface area contributed by atoms with Crippen LogP contribution >= 0.6 is 0 Å². The van der Waals surface area contributed by atoms with Gasteiger partial charge in [0.25, 0.3) is 0 Å². The molecule has 2 nitrogen and oxygen atoms in total. The molecule has 4 aromatic carbocycles. The molecule has 0 bridgehead atoms. The van der Waals surface area contributed by atoms with Gasteiger partial charge >= 0.3 is 0 Å². The summed E-state index contributed by atoms with van der Waals surface area (Å²) in [7, 11) is 0. The molecule has 2 heterocycles. The lowest BCUT2D eigenvalue weighted by molar-refractivity contribution is 0.760. The second-order valence-electron chi connectivity index (χ2n) is 11.3. The molecule has 4 aliphatic rings. The minimum Gasteiger partial charge on any atom is -0.333 e. The standard InChI is InChI=1S/C40H32N2/c1-5-13-37-31(9-1)17-18-32-10-2-6-14-38(32)41(37)35-25-21-29(22-26-35)30-23-27-36(28-24-30)42-39-15-7-3-11-33(39)19-20-34-12-4-8-16-40(34)42/h1-15,17-25,27-28,35,40H,16,26H2. The second kappa shape index (κ2) is 10.4. The Kier molecular flexibility index (Phi) is 6.11. The van der Waals surface area contributed by atoms with E-state index < -0.39 is 0 Å². The van der Waals surface area contributed by atoms with Crippen LogP contribution in [0.3, 0.4) is 0 Å². The molecular weight excluding hydrogens is 508 g/mol. The third-order valence-corrected chi connectivity index (χ3v) is 8.85. The molecule has 4 aromatic rings. The Morgan fingerprint density at radius 3 is 1.76 bits per heavy atom. The number of nitrogens with zero attached hydrogens (tertiary/aromatic N) is 2. The van der Waals surface area contributed by atoms with E-state index in [1.165, 1.54) is 56.1 Å². The number of benzene rings is 4. The Morgan fingerprint density at radius 1 is 0.548 bits per heavy atom. The van der Waals surface area contributed by atoms with Crippen LogP contribution in [0.1, 0.15) is 35.1 Å². The van der Waals surface area contributed by atoms with Gasteiger partial charge in [0.05, 0.1) is 12.1 Å². The van der Waals surface area contributed by atoms with Gasteiger partial charge < -0.3 is 9.80 Å². The van der Waals surface area contributed by atoms with Crippen LogP contribution in [0.2, 0.25) is 0 Å². The second-order valence-corrected chi connectivity index (χ2v) is 11.3. The Labute approximate surface area is 248 Å². The smallest absolute Gasteiger partial charge is 0.0626 e. The highest BCUT2D eigenvalue weighted by Crippen LogP contribution is 2.42. The van der Waals surface area contributed by atoms with E-state index in [1.807, 2.05) is 0 Å². The fourth-order valence-electron chi connectivity index (χ4n) is 6.77. The van der Waals surface area contributed by atoms with Crippen LogP contribution in [0.25, 0.3) is 23.8 Å². The van der Waals surface area contributed by atoms with Crippen molar-refractivity contribution in [2.75, 3.05) is 9.80 Å². The molecule has 42 heavy (non-hydrogen) atoms. The molecule has 0 radical (unpaired) electrons. The van der Waals surface area contributed by atoms with E-state index in [0.29, 0.717) is 6.04 Å². The number of allylic oxidation sites excluding steroid dienone is 4. The Bertz CT molecular complexity index is 1800. The average molecular weight is 541 g/mol. The van der Waals surface area contributed by atoms with Gasteiger partial charge in [-0.1, -0.05) is 127 Å². The van der Waals surface area contributed by atoms with E-state index >= 15 is 0 Å². The molecule has 0 fully saturated rings. The van der Waals surface area contributed by atoms with Crippen molar-refractivity contribution in [3.8, 4) is 0 Å². The van der Waals surface area contributed by atoms with Crippen molar-refractivity contribution in [3.05, 3.63) is 167 Å². The van der Waals surface area contributed by atoms with Crippen LogP contribution in [0.5, 0.6) is 0 Å². The van der Waals surface area contributed by atoms with Gasteiger partial charge in [-0.25, -0.2) is 0 Å². The quantitative estimate of drug-likeness (QED) is 0.255. The molecule has 8 rings (SSSR count). The van der Waals surface area contributed by atoms with Gasteiger partial charge in [-0.15, -0.1) is 0 Å². The molecule has 2 aliphatic carbocycles. The van der Waals surface area contributed by atoms with Crippen molar-refractivity contribution < 1.29 is 0 Å². The summed E-state index contributed by atoms with van der Waals surface area (Å²) in [5, 5.41) is 0. The Hall–Kier alpha value is -5.08. The first-order chi connectivity index (χ1) is 20.8. The summed E-state index contributed by atoms with van der Waals surface area (Å²) in [4.78, 5) is 5.02. The predicted octanol–water partition coefficient (Wildman–Crippen LogP) is 10.1. The Balaban J connectivity index is 1.09. The SMILES string of the molecule is C1=CCC2C(=C1)C=Cc1ccccc1N2c1ccc(C2=CCC(N3c4ccccc4C=Cc4ccccc43)C=C2)cc1. The molecule has 0 amide bonds. The summed E-state index contributed by atoms with van der Waals surface area (Å²) in [5.74, 6) is 0. The molecule has 0 aromatic heterocycles. The van der Waals surface area contributed by atoms with Crippen LogP contribution in [-0.2, 0) is 0 Å². The molecule has 0 N–H and O–H groups in total. The first-order valence-corrected chi connectivity index (χ1v) is 14.9. The summed E-state index contributed by atoms with van der Waals surface area (Å²) >= 11 is 0. The first kappa shape index (κ1) is 24.7. The molecule has 0 saturated carbocycles. The zero-order valence-electron chi connectivity index (χ0n) is 23.5. The topological polar surface area (TPSA) is 6.48 Å². The molecule has 2 heteroatoms. The third-order valence-electron chi connectivity index (χ3n) is 8.85. The molecule has 2 atom stereocenters. The first-order valence-electron chi connectivity index (χ1n) is 14.9. The summed E-state index contributed by atoms with van der Waals surface area (Å²) in [6.07, 6.45) is 24.8. The zero-order chi connectivity index (χ0) is 27.9. The maximum absolute atomic E-state index is 2.51. The van der Waals surface area contributed by atoms with Gasteiger partial charge in [0.1, 0.15) is 0 Å². The maximum Gasteiger partial charge on any atom is 0.0626 e. The van der Waals surface area contributed by atoms with E-state index in [1.54, 1.807) is 0 Å². The zero-order valence-corrected chi connectivity index (χ0v) is 23.5. The van der Waals surface area contributed by atoms with Gasteiger partial charge in [-0.2, -0.15) is 0 Å². The number of rotatable bonds is 3. The summed E-state index contributed by atoms with van der Waals surface area (Å²) in [6, 6.07) is 35.9. The van der Waals surface area contributed by atoms with Gasteiger partial charge in [0.15, 0.2) is 0 Å². The fourth-order valence-corrected chi connectivity index (χ4v) is 6.77. The van der Waals surface area contributed by atoms with E-state index in [-0.39, 0.29) is 6.04 Å².